The molecule has 3 aromatic rings. The average Bonchev–Trinajstić information content (AvgIpc) is 3.23. The van der Waals surface area contributed by atoms with Gasteiger partial charge in [-0.15, -0.1) is 0 Å². The second-order valence-electron chi connectivity index (χ2n) is 7.31. The number of carbonyl (C=O) groups is 1. The molecule has 4 N–H and O–H groups in total. The number of hydrogen-bond acceptors (Lipinski definition) is 4. The van der Waals surface area contributed by atoms with Crippen molar-refractivity contribution >= 4 is 46.4 Å². The number of anilines is 1. The van der Waals surface area contributed by atoms with Crippen LogP contribution in [0.4, 0.5) is 18.9 Å². The van der Waals surface area contributed by atoms with Crippen molar-refractivity contribution in [2.45, 2.75) is 12.3 Å². The number of hydrogen-bond donors (Lipinski definition) is 3. The number of benzene rings is 3. The minimum atomic E-state index is -4.75. The number of amides is 1. The second-order valence-corrected chi connectivity index (χ2v) is 8.59. The third-order valence-electron chi connectivity index (χ3n) is 5.26. The molecule has 1 atom stereocenters. The van der Waals surface area contributed by atoms with Gasteiger partial charge in [0.15, 0.2) is 0 Å². The molecule has 1 heterocycles. The molecule has 0 fully saturated rings. The third kappa shape index (κ3) is 4.54. The van der Waals surface area contributed by atoms with E-state index in [0.29, 0.717) is 26.7 Å². The van der Waals surface area contributed by atoms with Gasteiger partial charge in [-0.3, -0.25) is 10.2 Å². The number of nitrogens with one attached hydrogen (secondary N) is 2. The van der Waals surface area contributed by atoms with E-state index in [9.17, 15) is 18.0 Å². The molecule has 3 aromatic carbocycles. The Bertz CT molecular complexity index is 1300. The van der Waals surface area contributed by atoms with Crippen molar-refractivity contribution in [1.82, 2.24) is 10.7 Å². The Kier molecular flexibility index (Phi) is 6.69. The lowest BCUT2D eigenvalue weighted by atomic mass is 9.96. The summed E-state index contributed by atoms with van der Waals surface area (Å²) in [6.45, 7) is 0. The number of nitrogens with zero attached hydrogens (tertiary/aromatic N) is 1. The molecule has 0 spiro atoms. The zero-order chi connectivity index (χ0) is 24.6. The molecule has 176 valence electrons. The van der Waals surface area contributed by atoms with Gasteiger partial charge in [-0.1, -0.05) is 59.1 Å². The first-order valence-electron chi connectivity index (χ1n) is 9.79. The van der Waals surface area contributed by atoms with E-state index in [2.05, 4.69) is 5.32 Å². The van der Waals surface area contributed by atoms with Crippen LogP contribution in [0.2, 0.25) is 15.1 Å². The van der Waals surface area contributed by atoms with Gasteiger partial charge >= 0.3 is 6.18 Å². The monoisotopic (exact) mass is 526 g/mol. The van der Waals surface area contributed by atoms with E-state index in [1.807, 2.05) is 5.43 Å². The number of halogens is 6. The molecule has 4 rings (SSSR count). The predicted molar refractivity (Wildman–Crippen MR) is 127 cm³/mol. The van der Waals surface area contributed by atoms with Gasteiger partial charge in [0.2, 0.25) is 0 Å². The lowest BCUT2D eigenvalue weighted by Gasteiger charge is -2.32. The SMILES string of the molecule is NNC(=O)C1=CNC(c2ccc(Cl)cc2-c2ccccc2Cl)N1c1ccc(Cl)cc1C(F)(F)F. The maximum atomic E-state index is 14.0. The quantitative estimate of drug-likeness (QED) is 0.212. The smallest absolute Gasteiger partial charge is 0.365 e. The summed E-state index contributed by atoms with van der Waals surface area (Å²) in [6.07, 6.45) is -4.38. The number of nitrogens with two attached hydrogens (primary N) is 1. The lowest BCUT2D eigenvalue weighted by Crippen LogP contribution is -2.39. The van der Waals surface area contributed by atoms with Crippen molar-refractivity contribution in [2.75, 3.05) is 4.90 Å². The Morgan fingerprint density at radius 3 is 2.32 bits per heavy atom. The maximum Gasteiger partial charge on any atom is 0.418 e. The Morgan fingerprint density at radius 1 is 0.971 bits per heavy atom. The summed E-state index contributed by atoms with van der Waals surface area (Å²) in [6, 6.07) is 15.2. The van der Waals surface area contributed by atoms with Crippen molar-refractivity contribution < 1.29 is 18.0 Å². The molecular weight excluding hydrogens is 512 g/mol. The molecular formula is C23H16Cl3F3N4O. The number of carbonyl (C=O) groups excluding carboxylic acids is 1. The van der Waals surface area contributed by atoms with Crippen LogP contribution < -0.4 is 21.5 Å². The highest BCUT2D eigenvalue weighted by Gasteiger charge is 2.41. The van der Waals surface area contributed by atoms with Crippen LogP contribution in [0.15, 0.2) is 72.6 Å². The molecule has 0 saturated carbocycles. The van der Waals surface area contributed by atoms with E-state index < -0.39 is 23.8 Å². The summed E-state index contributed by atoms with van der Waals surface area (Å²) in [5, 5.41) is 3.71. The summed E-state index contributed by atoms with van der Waals surface area (Å²) in [4.78, 5) is 13.7. The molecule has 1 amide bonds. The van der Waals surface area contributed by atoms with Crippen LogP contribution in [-0.4, -0.2) is 5.91 Å². The van der Waals surface area contributed by atoms with Gasteiger partial charge in [0.25, 0.3) is 5.91 Å². The normalized spacial score (nSPS) is 15.7. The van der Waals surface area contributed by atoms with Crippen LogP contribution in [0.25, 0.3) is 11.1 Å². The van der Waals surface area contributed by atoms with Crippen molar-refractivity contribution in [3.05, 3.63) is 98.8 Å². The molecule has 34 heavy (non-hydrogen) atoms. The van der Waals surface area contributed by atoms with Gasteiger partial charge in [0.05, 0.1) is 11.3 Å². The van der Waals surface area contributed by atoms with E-state index in [1.165, 1.54) is 23.2 Å². The van der Waals surface area contributed by atoms with Crippen molar-refractivity contribution in [2.24, 2.45) is 5.84 Å². The predicted octanol–water partition coefficient (Wildman–Crippen LogP) is 6.27. The van der Waals surface area contributed by atoms with E-state index in [4.69, 9.17) is 40.6 Å². The minimum absolute atomic E-state index is 0.100. The average molecular weight is 528 g/mol. The molecule has 11 heteroatoms. The number of hydrazine groups is 1. The molecule has 1 unspecified atom stereocenters. The summed E-state index contributed by atoms with van der Waals surface area (Å²) in [5.74, 6) is 4.53. The van der Waals surface area contributed by atoms with Crippen molar-refractivity contribution in [1.29, 1.82) is 0 Å². The standard InChI is InChI=1S/C23H16Cl3F3N4O/c24-12-5-7-15(16(9-12)14-3-1-2-4-18(14)26)21-31-11-20(22(34)32-30)33(21)19-8-6-13(25)10-17(19)23(27,28)29/h1-11,21,31H,30H2,(H,32,34). The Morgan fingerprint density at radius 2 is 1.65 bits per heavy atom. The highest BCUT2D eigenvalue weighted by Crippen LogP contribution is 2.45. The van der Waals surface area contributed by atoms with E-state index >= 15 is 0 Å². The largest absolute Gasteiger partial charge is 0.418 e. The number of rotatable bonds is 4. The maximum absolute atomic E-state index is 14.0. The summed E-state index contributed by atoms with van der Waals surface area (Å²) < 4.78 is 42.0. The van der Waals surface area contributed by atoms with Crippen LogP contribution in [0.5, 0.6) is 0 Å². The molecule has 0 saturated heterocycles. The fourth-order valence-corrected chi connectivity index (χ4v) is 4.39. The van der Waals surface area contributed by atoms with Crippen molar-refractivity contribution in [3.63, 3.8) is 0 Å². The summed E-state index contributed by atoms with van der Waals surface area (Å²) in [7, 11) is 0. The van der Waals surface area contributed by atoms with Crippen molar-refractivity contribution in [3.8, 4) is 11.1 Å². The molecule has 0 aliphatic carbocycles. The van der Waals surface area contributed by atoms with Crippen LogP contribution in [0, 0.1) is 0 Å². The van der Waals surface area contributed by atoms with E-state index in [-0.39, 0.29) is 16.4 Å². The van der Waals surface area contributed by atoms with Gasteiger partial charge < -0.3 is 10.2 Å². The van der Waals surface area contributed by atoms with Crippen LogP contribution in [0.1, 0.15) is 17.3 Å². The lowest BCUT2D eigenvalue weighted by molar-refractivity contribution is -0.137. The van der Waals surface area contributed by atoms with Gasteiger partial charge in [-0.05, 0) is 42.0 Å². The van der Waals surface area contributed by atoms with E-state index in [1.54, 1.807) is 42.5 Å². The summed E-state index contributed by atoms with van der Waals surface area (Å²) >= 11 is 18.5. The zero-order valence-corrected chi connectivity index (χ0v) is 19.4. The number of alkyl halides is 3. The highest BCUT2D eigenvalue weighted by molar-refractivity contribution is 6.34. The molecule has 0 bridgehead atoms. The summed E-state index contributed by atoms with van der Waals surface area (Å²) in [5.41, 5.74) is 2.26. The minimum Gasteiger partial charge on any atom is -0.365 e. The Labute approximate surface area is 207 Å². The topological polar surface area (TPSA) is 70.4 Å². The third-order valence-corrected chi connectivity index (χ3v) is 6.06. The van der Waals surface area contributed by atoms with Gasteiger partial charge in [-0.2, -0.15) is 13.2 Å². The molecule has 0 radical (unpaired) electrons. The fraction of sp³-hybridized carbons (Fsp3) is 0.0870. The molecule has 5 nitrogen and oxygen atoms in total. The Balaban J connectivity index is 1.95. The molecule has 1 aliphatic rings. The van der Waals surface area contributed by atoms with Gasteiger partial charge in [-0.25, -0.2) is 5.84 Å². The Hall–Kier alpha value is -2.91. The second kappa shape index (κ2) is 9.38. The van der Waals surface area contributed by atoms with Crippen LogP contribution in [-0.2, 0) is 11.0 Å². The zero-order valence-electron chi connectivity index (χ0n) is 17.1. The highest BCUT2D eigenvalue weighted by atomic mass is 35.5. The van der Waals surface area contributed by atoms with Crippen LogP contribution >= 0.6 is 34.8 Å². The first kappa shape index (κ1) is 24.2. The van der Waals surface area contributed by atoms with Crippen LogP contribution in [0.3, 0.4) is 0 Å². The molecule has 1 aliphatic heterocycles. The first-order chi connectivity index (χ1) is 16.1. The molecule has 0 aromatic heterocycles. The van der Waals surface area contributed by atoms with Gasteiger partial charge in [0.1, 0.15) is 11.9 Å². The first-order valence-corrected chi connectivity index (χ1v) is 10.9. The fourth-order valence-electron chi connectivity index (χ4n) is 3.81. The van der Waals surface area contributed by atoms with Gasteiger partial charge in [0, 0.05) is 32.4 Å². The van der Waals surface area contributed by atoms with E-state index in [0.717, 1.165) is 6.07 Å².